The number of hydrogen-bond donors (Lipinski definition) is 1. The van der Waals surface area contributed by atoms with E-state index in [2.05, 4.69) is 0 Å². The summed E-state index contributed by atoms with van der Waals surface area (Å²) >= 11 is 0. The molecule has 2 saturated heterocycles. The minimum absolute atomic E-state index is 0.0456. The molecule has 0 aliphatic carbocycles. The van der Waals surface area contributed by atoms with E-state index in [9.17, 15) is 17.9 Å². The molecule has 106 valence electrons. The summed E-state index contributed by atoms with van der Waals surface area (Å²) in [6, 6.07) is 5.89. The molecule has 0 radical (unpaired) electrons. The molecule has 2 bridgehead atoms. The first kappa shape index (κ1) is 13.5. The van der Waals surface area contributed by atoms with Gasteiger partial charge in [0, 0.05) is 5.56 Å². The Bertz CT molecular complexity index is 688. The number of halogens is 1. The van der Waals surface area contributed by atoms with E-state index in [0.717, 1.165) is 0 Å². The summed E-state index contributed by atoms with van der Waals surface area (Å²) in [6.45, 7) is 0. The maximum Gasteiger partial charge on any atom is 0.156 e. The van der Waals surface area contributed by atoms with Gasteiger partial charge in [0.1, 0.15) is 11.9 Å². The monoisotopic (exact) mass is 295 g/mol. The quantitative estimate of drug-likeness (QED) is 0.854. The molecule has 2 atom stereocenters. The first-order valence-electron chi connectivity index (χ1n) is 6.53. The number of aliphatic hydroxyl groups is 1. The van der Waals surface area contributed by atoms with Crippen LogP contribution >= 0.6 is 0 Å². The van der Waals surface area contributed by atoms with E-state index >= 15 is 0 Å². The van der Waals surface area contributed by atoms with Crippen molar-refractivity contribution < 1.29 is 17.9 Å². The third kappa shape index (κ3) is 1.77. The van der Waals surface area contributed by atoms with E-state index in [4.69, 9.17) is 5.26 Å². The van der Waals surface area contributed by atoms with Gasteiger partial charge in [0.2, 0.25) is 0 Å². The number of benzene rings is 1. The van der Waals surface area contributed by atoms with E-state index in [1.54, 1.807) is 6.07 Å². The van der Waals surface area contributed by atoms with Crippen molar-refractivity contribution in [1.82, 2.24) is 0 Å². The third-order valence-electron chi connectivity index (χ3n) is 4.50. The van der Waals surface area contributed by atoms with Crippen LogP contribution in [0.1, 0.15) is 36.8 Å². The number of fused-ring (bicyclic) bond motifs is 2. The number of rotatable bonds is 1. The lowest BCUT2D eigenvalue weighted by atomic mass is 9.83. The van der Waals surface area contributed by atoms with Crippen LogP contribution < -0.4 is 0 Å². The summed E-state index contributed by atoms with van der Waals surface area (Å²) in [5.41, 5.74) is -1.40. The van der Waals surface area contributed by atoms with E-state index in [1.165, 1.54) is 18.2 Å². The van der Waals surface area contributed by atoms with Crippen LogP contribution in [-0.4, -0.2) is 24.0 Å². The fourth-order valence-corrected chi connectivity index (χ4v) is 5.98. The van der Waals surface area contributed by atoms with Crippen LogP contribution in [0.5, 0.6) is 0 Å². The van der Waals surface area contributed by atoms with Gasteiger partial charge in [0.15, 0.2) is 9.84 Å². The summed E-state index contributed by atoms with van der Waals surface area (Å²) in [5.74, 6) is -0.681. The number of hydrogen-bond acceptors (Lipinski definition) is 4. The molecule has 2 aliphatic rings. The van der Waals surface area contributed by atoms with Crippen molar-refractivity contribution in [1.29, 1.82) is 5.26 Å². The lowest BCUT2D eigenvalue weighted by Gasteiger charge is -2.37. The summed E-state index contributed by atoms with van der Waals surface area (Å²) in [5, 5.41) is 18.7. The molecule has 0 saturated carbocycles. The topological polar surface area (TPSA) is 78.2 Å². The van der Waals surface area contributed by atoms with Gasteiger partial charge in [-0.15, -0.1) is 0 Å². The fraction of sp³-hybridized carbons (Fsp3) is 0.500. The summed E-state index contributed by atoms with van der Waals surface area (Å²) in [6.07, 6.45) is 1.16. The average molecular weight is 295 g/mol. The summed E-state index contributed by atoms with van der Waals surface area (Å²) in [4.78, 5) is 0. The van der Waals surface area contributed by atoms with E-state index < -0.39 is 31.8 Å². The molecule has 1 aromatic carbocycles. The fourth-order valence-electron chi connectivity index (χ4n) is 3.49. The Morgan fingerprint density at radius 2 is 1.90 bits per heavy atom. The van der Waals surface area contributed by atoms with Gasteiger partial charge in [-0.1, -0.05) is 12.1 Å². The molecule has 2 aliphatic heterocycles. The zero-order valence-corrected chi connectivity index (χ0v) is 11.5. The highest BCUT2D eigenvalue weighted by atomic mass is 32.2. The van der Waals surface area contributed by atoms with Crippen LogP contribution in [0.15, 0.2) is 18.2 Å². The maximum atomic E-state index is 13.7. The minimum atomic E-state index is -3.17. The van der Waals surface area contributed by atoms with Gasteiger partial charge in [-0.25, -0.2) is 12.8 Å². The molecule has 2 unspecified atom stereocenters. The summed E-state index contributed by atoms with van der Waals surface area (Å²) < 4.78 is 37.8. The Morgan fingerprint density at radius 3 is 2.45 bits per heavy atom. The van der Waals surface area contributed by atoms with Gasteiger partial charge in [0.25, 0.3) is 0 Å². The molecule has 0 aromatic heterocycles. The molecule has 2 heterocycles. The molecular weight excluding hydrogens is 281 g/mol. The van der Waals surface area contributed by atoms with Crippen molar-refractivity contribution in [2.24, 2.45) is 0 Å². The van der Waals surface area contributed by atoms with Crippen molar-refractivity contribution in [3.63, 3.8) is 0 Å². The minimum Gasteiger partial charge on any atom is -0.385 e. The Kier molecular flexibility index (Phi) is 2.89. The Balaban J connectivity index is 2.09. The van der Waals surface area contributed by atoms with Gasteiger partial charge < -0.3 is 5.11 Å². The van der Waals surface area contributed by atoms with Gasteiger partial charge >= 0.3 is 0 Å². The van der Waals surface area contributed by atoms with Crippen molar-refractivity contribution >= 4 is 9.84 Å². The number of nitrogens with zero attached hydrogens (tertiary/aromatic N) is 1. The number of nitriles is 1. The molecule has 0 amide bonds. The van der Waals surface area contributed by atoms with Gasteiger partial charge in [0.05, 0.1) is 21.7 Å². The molecule has 0 spiro atoms. The van der Waals surface area contributed by atoms with Crippen molar-refractivity contribution in [2.45, 2.75) is 41.8 Å². The second kappa shape index (κ2) is 4.27. The van der Waals surface area contributed by atoms with E-state index in [0.29, 0.717) is 12.8 Å². The Morgan fingerprint density at radius 1 is 1.30 bits per heavy atom. The van der Waals surface area contributed by atoms with Crippen LogP contribution in [0.25, 0.3) is 0 Å². The highest BCUT2D eigenvalue weighted by Gasteiger charge is 2.53. The predicted octanol–water partition coefficient (Wildman–Crippen LogP) is 1.62. The largest absolute Gasteiger partial charge is 0.385 e. The predicted molar refractivity (Wildman–Crippen MR) is 70.0 cm³/mol. The first-order valence-corrected chi connectivity index (χ1v) is 8.13. The van der Waals surface area contributed by atoms with Crippen molar-refractivity contribution in [2.75, 3.05) is 0 Å². The van der Waals surface area contributed by atoms with Crippen LogP contribution in [0, 0.1) is 17.1 Å². The standard InChI is InChI=1S/C14H14FNO3S/c15-13-3-1-2-12(11(13)8-16)14(17)6-9-4-5-10(7-14)20(9,18)19/h1-3,9-10,17H,4-7H2. The molecule has 6 heteroatoms. The SMILES string of the molecule is N#Cc1c(F)cccc1C1(O)CC2CCC(C1)S2(=O)=O. The second-order valence-corrected chi connectivity index (χ2v) is 8.14. The average Bonchev–Trinajstić information content (AvgIpc) is 2.59. The number of sulfone groups is 1. The van der Waals surface area contributed by atoms with E-state index in [-0.39, 0.29) is 24.0 Å². The molecule has 4 nitrogen and oxygen atoms in total. The first-order chi connectivity index (χ1) is 9.38. The Hall–Kier alpha value is -1.45. The van der Waals surface area contributed by atoms with Gasteiger partial charge in [-0.3, -0.25) is 0 Å². The zero-order valence-electron chi connectivity index (χ0n) is 10.7. The normalized spacial score (nSPS) is 34.6. The van der Waals surface area contributed by atoms with Crippen LogP contribution in [-0.2, 0) is 15.4 Å². The second-order valence-electron chi connectivity index (χ2n) is 5.62. The van der Waals surface area contributed by atoms with Crippen molar-refractivity contribution in [3.8, 4) is 6.07 Å². The van der Waals surface area contributed by atoms with Crippen LogP contribution in [0.4, 0.5) is 4.39 Å². The van der Waals surface area contributed by atoms with E-state index in [1.807, 2.05) is 0 Å². The highest BCUT2D eigenvalue weighted by Crippen LogP contribution is 2.48. The lowest BCUT2D eigenvalue weighted by molar-refractivity contribution is 0.0168. The maximum absolute atomic E-state index is 13.7. The molecule has 2 fully saturated rings. The zero-order chi connectivity index (χ0) is 14.5. The summed E-state index contributed by atoms with van der Waals surface area (Å²) in [7, 11) is -3.17. The molecule has 1 N–H and O–H groups in total. The smallest absolute Gasteiger partial charge is 0.156 e. The highest BCUT2D eigenvalue weighted by molar-refractivity contribution is 7.93. The Labute approximate surface area is 116 Å². The molecular formula is C14H14FNO3S. The van der Waals surface area contributed by atoms with Gasteiger partial charge in [-0.2, -0.15) is 5.26 Å². The lowest BCUT2D eigenvalue weighted by Crippen LogP contribution is -2.43. The van der Waals surface area contributed by atoms with Crippen LogP contribution in [0.2, 0.25) is 0 Å². The van der Waals surface area contributed by atoms with Crippen LogP contribution in [0.3, 0.4) is 0 Å². The van der Waals surface area contributed by atoms with Gasteiger partial charge in [-0.05, 0) is 31.7 Å². The molecule has 1 aromatic rings. The van der Waals surface area contributed by atoms with Crippen molar-refractivity contribution in [3.05, 3.63) is 35.1 Å². The molecule has 3 rings (SSSR count). The molecule has 20 heavy (non-hydrogen) atoms. The third-order valence-corrected chi connectivity index (χ3v) is 7.16.